The van der Waals surface area contributed by atoms with E-state index < -0.39 is 0 Å². The Kier molecular flexibility index (Phi) is 5.54. The summed E-state index contributed by atoms with van der Waals surface area (Å²) < 4.78 is 0. The molecule has 0 aromatic carbocycles. The van der Waals surface area contributed by atoms with E-state index in [0.29, 0.717) is 0 Å². The molecule has 62 valence electrons. The van der Waals surface area contributed by atoms with Crippen LogP contribution in [0.1, 0.15) is 34.1 Å². The molecular weight excluding hydrogens is 132 g/mol. The van der Waals surface area contributed by atoms with Crippen molar-refractivity contribution in [2.45, 2.75) is 34.1 Å². The Bertz CT molecular complexity index is 180. The maximum atomic E-state index is 2.18. The van der Waals surface area contributed by atoms with Gasteiger partial charge in [-0.3, -0.25) is 0 Å². The zero-order chi connectivity index (χ0) is 8.69. The summed E-state index contributed by atoms with van der Waals surface area (Å²) >= 11 is 0. The van der Waals surface area contributed by atoms with Gasteiger partial charge in [-0.25, -0.2) is 0 Å². The number of allylic oxidation sites excluding steroid dienone is 6. The lowest BCUT2D eigenvalue weighted by molar-refractivity contribution is 1.21. The van der Waals surface area contributed by atoms with Gasteiger partial charge in [0, 0.05) is 0 Å². The van der Waals surface area contributed by atoms with Crippen molar-refractivity contribution >= 4 is 0 Å². The summed E-state index contributed by atoms with van der Waals surface area (Å²) in [5.41, 5.74) is 2.70. The van der Waals surface area contributed by atoms with E-state index in [1.165, 1.54) is 11.1 Å². The molecule has 0 aliphatic heterocycles. The molecule has 0 aliphatic carbocycles. The van der Waals surface area contributed by atoms with Gasteiger partial charge in [0.1, 0.15) is 0 Å². The first-order chi connectivity index (χ1) is 5.22. The molecule has 0 saturated carbocycles. The van der Waals surface area contributed by atoms with E-state index in [9.17, 15) is 0 Å². The topological polar surface area (TPSA) is 0 Å². The fraction of sp³-hybridized carbons (Fsp3) is 0.455. The van der Waals surface area contributed by atoms with Crippen molar-refractivity contribution in [3.05, 3.63) is 35.5 Å². The molecule has 0 rings (SSSR count). The molecule has 0 aliphatic rings. The van der Waals surface area contributed by atoms with Gasteiger partial charge >= 0.3 is 0 Å². The van der Waals surface area contributed by atoms with Gasteiger partial charge < -0.3 is 0 Å². The van der Waals surface area contributed by atoms with Gasteiger partial charge in [0.2, 0.25) is 0 Å². The van der Waals surface area contributed by atoms with Crippen LogP contribution in [0, 0.1) is 0 Å². The van der Waals surface area contributed by atoms with Gasteiger partial charge in [0.05, 0.1) is 0 Å². The van der Waals surface area contributed by atoms with E-state index in [1.807, 2.05) is 6.92 Å². The maximum absolute atomic E-state index is 2.18. The molecule has 0 aromatic heterocycles. The number of hydrogen-bond acceptors (Lipinski definition) is 0. The average molecular weight is 150 g/mol. The van der Waals surface area contributed by atoms with Crippen LogP contribution in [0.25, 0.3) is 0 Å². The quantitative estimate of drug-likeness (QED) is 0.536. The van der Waals surface area contributed by atoms with Crippen LogP contribution in [0.3, 0.4) is 0 Å². The van der Waals surface area contributed by atoms with Gasteiger partial charge in [-0.05, 0) is 38.3 Å². The van der Waals surface area contributed by atoms with Gasteiger partial charge in [0.25, 0.3) is 0 Å². The van der Waals surface area contributed by atoms with Gasteiger partial charge in [-0.15, -0.1) is 0 Å². The standard InChI is InChI=1S/C11H18/c1-5-7-9-11(4)10(3)8-6-2/h6-9H,5H2,1-4H3/b8-6-,9-7-,11-10-. The Hall–Kier alpha value is -0.780. The van der Waals surface area contributed by atoms with Crippen molar-refractivity contribution in [2.24, 2.45) is 0 Å². The van der Waals surface area contributed by atoms with Crippen LogP contribution in [-0.4, -0.2) is 0 Å². The van der Waals surface area contributed by atoms with E-state index >= 15 is 0 Å². The largest absolute Gasteiger partial charge is 0.0874 e. The lowest BCUT2D eigenvalue weighted by atomic mass is 10.1. The van der Waals surface area contributed by atoms with Crippen molar-refractivity contribution in [2.75, 3.05) is 0 Å². The smallest absolute Gasteiger partial charge is 0.0376 e. The third-order valence-corrected chi connectivity index (χ3v) is 1.64. The molecule has 0 aromatic rings. The molecule has 0 nitrogen and oxygen atoms in total. The molecule has 0 unspecified atom stereocenters. The Morgan fingerprint density at radius 2 is 1.64 bits per heavy atom. The maximum Gasteiger partial charge on any atom is -0.0376 e. The van der Waals surface area contributed by atoms with Crippen LogP contribution in [0.5, 0.6) is 0 Å². The second-order valence-electron chi connectivity index (χ2n) is 2.68. The lowest BCUT2D eigenvalue weighted by Gasteiger charge is -1.95. The van der Waals surface area contributed by atoms with Crippen LogP contribution >= 0.6 is 0 Å². The summed E-state index contributed by atoms with van der Waals surface area (Å²) in [4.78, 5) is 0. The summed E-state index contributed by atoms with van der Waals surface area (Å²) in [5.74, 6) is 0. The fourth-order valence-corrected chi connectivity index (χ4v) is 0.808. The summed E-state index contributed by atoms with van der Waals surface area (Å²) in [7, 11) is 0. The third kappa shape index (κ3) is 4.60. The molecular formula is C11H18. The molecule has 0 fully saturated rings. The van der Waals surface area contributed by atoms with Crippen LogP contribution in [0.15, 0.2) is 35.5 Å². The first kappa shape index (κ1) is 10.2. The second kappa shape index (κ2) is 5.96. The van der Waals surface area contributed by atoms with E-state index in [2.05, 4.69) is 45.1 Å². The highest BCUT2D eigenvalue weighted by atomic mass is 13.9. The highest BCUT2D eigenvalue weighted by Crippen LogP contribution is 2.06. The molecule has 0 saturated heterocycles. The van der Waals surface area contributed by atoms with E-state index in [4.69, 9.17) is 0 Å². The molecule has 0 radical (unpaired) electrons. The molecule has 0 heteroatoms. The molecule has 0 N–H and O–H groups in total. The monoisotopic (exact) mass is 150 g/mol. The predicted molar refractivity (Wildman–Crippen MR) is 52.6 cm³/mol. The average Bonchev–Trinajstić information content (AvgIpc) is 2.00. The van der Waals surface area contributed by atoms with Crippen molar-refractivity contribution in [1.82, 2.24) is 0 Å². The Morgan fingerprint density at radius 3 is 2.09 bits per heavy atom. The predicted octanol–water partition coefficient (Wildman–Crippen LogP) is 3.87. The second-order valence-corrected chi connectivity index (χ2v) is 2.68. The van der Waals surface area contributed by atoms with E-state index in [1.54, 1.807) is 0 Å². The van der Waals surface area contributed by atoms with E-state index in [-0.39, 0.29) is 0 Å². The van der Waals surface area contributed by atoms with Crippen molar-refractivity contribution < 1.29 is 0 Å². The Labute approximate surface area is 70.3 Å². The molecule has 0 bridgehead atoms. The highest BCUT2D eigenvalue weighted by Gasteiger charge is 1.85. The van der Waals surface area contributed by atoms with E-state index in [0.717, 1.165) is 6.42 Å². The van der Waals surface area contributed by atoms with Crippen molar-refractivity contribution in [3.8, 4) is 0 Å². The van der Waals surface area contributed by atoms with Gasteiger partial charge in [-0.1, -0.05) is 31.2 Å². The highest BCUT2D eigenvalue weighted by molar-refractivity contribution is 5.29. The first-order valence-corrected chi connectivity index (χ1v) is 4.19. The molecule has 0 atom stereocenters. The zero-order valence-electron chi connectivity index (χ0n) is 8.02. The third-order valence-electron chi connectivity index (χ3n) is 1.64. The minimum Gasteiger partial charge on any atom is -0.0874 e. The minimum atomic E-state index is 1.11. The van der Waals surface area contributed by atoms with Crippen LogP contribution in [0.4, 0.5) is 0 Å². The molecule has 0 amide bonds. The first-order valence-electron chi connectivity index (χ1n) is 4.19. The summed E-state index contributed by atoms with van der Waals surface area (Å²) in [5, 5.41) is 0. The Morgan fingerprint density at radius 1 is 1.09 bits per heavy atom. The molecule has 0 heterocycles. The normalized spacial score (nSPS) is 14.5. The van der Waals surface area contributed by atoms with Crippen LogP contribution < -0.4 is 0 Å². The van der Waals surface area contributed by atoms with Crippen molar-refractivity contribution in [3.63, 3.8) is 0 Å². The number of rotatable bonds is 3. The summed E-state index contributed by atoms with van der Waals surface area (Å²) in [6.45, 7) is 8.46. The van der Waals surface area contributed by atoms with Gasteiger partial charge in [0.15, 0.2) is 0 Å². The molecule has 0 spiro atoms. The van der Waals surface area contributed by atoms with Crippen molar-refractivity contribution in [1.29, 1.82) is 0 Å². The SMILES string of the molecule is C\C=C/C(C)=C(C)\C=C/CC. The number of hydrogen-bond donors (Lipinski definition) is 0. The van der Waals surface area contributed by atoms with Crippen LogP contribution in [-0.2, 0) is 0 Å². The summed E-state index contributed by atoms with van der Waals surface area (Å²) in [6, 6.07) is 0. The lowest BCUT2D eigenvalue weighted by Crippen LogP contribution is -1.74. The Balaban J connectivity index is 4.27. The summed E-state index contributed by atoms with van der Waals surface area (Å²) in [6.07, 6.45) is 9.67. The minimum absolute atomic E-state index is 1.11. The van der Waals surface area contributed by atoms with Crippen LogP contribution in [0.2, 0.25) is 0 Å². The van der Waals surface area contributed by atoms with Gasteiger partial charge in [-0.2, -0.15) is 0 Å². The zero-order valence-corrected chi connectivity index (χ0v) is 8.02. The fourth-order valence-electron chi connectivity index (χ4n) is 0.808. The molecule has 11 heavy (non-hydrogen) atoms.